The highest BCUT2D eigenvalue weighted by Crippen LogP contribution is 2.30. The molecule has 3 rings (SSSR count). The van der Waals surface area contributed by atoms with E-state index in [1.807, 2.05) is 30.9 Å². The first kappa shape index (κ1) is 18.1. The summed E-state index contributed by atoms with van der Waals surface area (Å²) in [5.41, 5.74) is 1.73. The van der Waals surface area contributed by atoms with Gasteiger partial charge in [-0.3, -0.25) is 0 Å². The Balaban J connectivity index is 1.75. The smallest absolute Gasteiger partial charge is 0.322 e. The Morgan fingerprint density at radius 2 is 1.80 bits per heavy atom. The predicted octanol–water partition coefficient (Wildman–Crippen LogP) is 4.10. The van der Waals surface area contributed by atoms with Gasteiger partial charge in [0, 0.05) is 19.6 Å². The average molecular weight is 345 g/mol. The number of nitrogens with zero attached hydrogens (tertiary/aromatic N) is 2. The molecule has 0 bridgehead atoms. The van der Waals surface area contributed by atoms with E-state index in [4.69, 9.17) is 4.74 Å². The quantitative estimate of drug-likeness (QED) is 0.878. The van der Waals surface area contributed by atoms with Gasteiger partial charge in [0.1, 0.15) is 0 Å². The molecule has 0 spiro atoms. The normalized spacial score (nSPS) is 23.9. The standard InChI is InChI=1S/C20H31N3O2/c1-16-20(2,3)25-15-14-23(16)19(24)21-17-10-6-7-11-18(17)22-12-8-4-5-9-13-22/h6-7,10-11,16H,4-5,8-9,12-15H2,1-3H3,(H,21,24)/t16-/m0/s1. The van der Waals surface area contributed by atoms with Crippen molar-refractivity contribution < 1.29 is 9.53 Å². The zero-order chi connectivity index (χ0) is 17.9. The Morgan fingerprint density at radius 3 is 2.52 bits per heavy atom. The van der Waals surface area contributed by atoms with Gasteiger partial charge >= 0.3 is 6.03 Å². The Bertz CT molecular complexity index is 594. The molecule has 2 aliphatic rings. The van der Waals surface area contributed by atoms with Crippen LogP contribution in [0.5, 0.6) is 0 Å². The highest BCUT2D eigenvalue weighted by Gasteiger charge is 2.38. The van der Waals surface area contributed by atoms with E-state index in [2.05, 4.69) is 29.3 Å². The van der Waals surface area contributed by atoms with E-state index in [0.29, 0.717) is 13.2 Å². The van der Waals surface area contributed by atoms with Crippen LogP contribution in [0, 0.1) is 0 Å². The summed E-state index contributed by atoms with van der Waals surface area (Å²) < 4.78 is 5.81. The second-order valence-corrected chi connectivity index (χ2v) is 7.67. The molecule has 1 aromatic rings. The lowest BCUT2D eigenvalue weighted by atomic mass is 9.97. The van der Waals surface area contributed by atoms with E-state index in [9.17, 15) is 4.79 Å². The number of carbonyl (C=O) groups excluding carboxylic acids is 1. The third kappa shape index (κ3) is 4.09. The summed E-state index contributed by atoms with van der Waals surface area (Å²) in [6.45, 7) is 9.48. The largest absolute Gasteiger partial charge is 0.372 e. The molecule has 0 aliphatic carbocycles. The zero-order valence-corrected chi connectivity index (χ0v) is 15.8. The summed E-state index contributed by atoms with van der Waals surface area (Å²) >= 11 is 0. The molecule has 2 fully saturated rings. The summed E-state index contributed by atoms with van der Waals surface area (Å²) in [5.74, 6) is 0. The van der Waals surface area contributed by atoms with Crippen molar-refractivity contribution in [3.8, 4) is 0 Å². The molecule has 25 heavy (non-hydrogen) atoms. The van der Waals surface area contributed by atoms with Crippen molar-refractivity contribution in [1.82, 2.24) is 4.90 Å². The van der Waals surface area contributed by atoms with Crippen molar-refractivity contribution in [2.75, 3.05) is 36.5 Å². The number of benzene rings is 1. The molecule has 0 aromatic heterocycles. The molecule has 1 aromatic carbocycles. The van der Waals surface area contributed by atoms with Crippen molar-refractivity contribution in [1.29, 1.82) is 0 Å². The van der Waals surface area contributed by atoms with E-state index in [1.54, 1.807) is 0 Å². The number of anilines is 2. The van der Waals surface area contributed by atoms with Crippen LogP contribution in [-0.2, 0) is 4.74 Å². The predicted molar refractivity (Wildman–Crippen MR) is 102 cm³/mol. The number of morpholine rings is 1. The highest BCUT2D eigenvalue weighted by molar-refractivity contribution is 5.93. The number of ether oxygens (including phenoxy) is 1. The number of hydrogen-bond donors (Lipinski definition) is 1. The van der Waals surface area contributed by atoms with Gasteiger partial charge in [-0.2, -0.15) is 0 Å². The van der Waals surface area contributed by atoms with Gasteiger partial charge < -0.3 is 19.9 Å². The van der Waals surface area contributed by atoms with Gasteiger partial charge in [-0.05, 0) is 45.7 Å². The number of carbonyl (C=O) groups is 1. The molecule has 0 saturated carbocycles. The maximum atomic E-state index is 12.9. The Labute approximate surface area is 151 Å². The summed E-state index contributed by atoms with van der Waals surface area (Å²) in [6, 6.07) is 8.17. The minimum Gasteiger partial charge on any atom is -0.372 e. The van der Waals surface area contributed by atoms with Gasteiger partial charge in [-0.25, -0.2) is 4.79 Å². The van der Waals surface area contributed by atoms with Crippen molar-refractivity contribution in [3.05, 3.63) is 24.3 Å². The minimum atomic E-state index is -0.320. The summed E-state index contributed by atoms with van der Waals surface area (Å²) in [5, 5.41) is 3.16. The van der Waals surface area contributed by atoms with Crippen LogP contribution in [0.2, 0.25) is 0 Å². The Morgan fingerprint density at radius 1 is 1.12 bits per heavy atom. The molecule has 5 heteroatoms. The van der Waals surface area contributed by atoms with Crippen LogP contribution >= 0.6 is 0 Å². The second kappa shape index (κ2) is 7.65. The van der Waals surface area contributed by atoms with Crippen LogP contribution in [-0.4, -0.2) is 48.8 Å². The van der Waals surface area contributed by atoms with Crippen LogP contribution in [0.25, 0.3) is 0 Å². The van der Waals surface area contributed by atoms with Gasteiger partial charge in [0.2, 0.25) is 0 Å². The Kier molecular flexibility index (Phi) is 5.52. The number of hydrogen-bond acceptors (Lipinski definition) is 3. The maximum absolute atomic E-state index is 12.9. The molecule has 0 unspecified atom stereocenters. The lowest BCUT2D eigenvalue weighted by molar-refractivity contribution is -0.105. The lowest BCUT2D eigenvalue weighted by Crippen LogP contribution is -2.58. The highest BCUT2D eigenvalue weighted by atomic mass is 16.5. The first-order valence-corrected chi connectivity index (χ1v) is 9.54. The van der Waals surface area contributed by atoms with Crippen LogP contribution in [0.3, 0.4) is 0 Å². The van der Waals surface area contributed by atoms with Crippen molar-refractivity contribution >= 4 is 17.4 Å². The van der Waals surface area contributed by atoms with E-state index >= 15 is 0 Å². The molecule has 0 radical (unpaired) electrons. The van der Waals surface area contributed by atoms with Gasteiger partial charge in [0.15, 0.2) is 0 Å². The summed E-state index contributed by atoms with van der Waals surface area (Å²) in [4.78, 5) is 17.2. The summed E-state index contributed by atoms with van der Waals surface area (Å²) in [6.07, 6.45) is 5.03. The fraction of sp³-hybridized carbons (Fsp3) is 0.650. The lowest BCUT2D eigenvalue weighted by Gasteiger charge is -2.44. The van der Waals surface area contributed by atoms with Crippen molar-refractivity contribution in [2.45, 2.75) is 58.1 Å². The fourth-order valence-electron chi connectivity index (χ4n) is 3.73. The third-order valence-electron chi connectivity index (χ3n) is 5.63. The van der Waals surface area contributed by atoms with Gasteiger partial charge in [0.05, 0.1) is 29.6 Å². The van der Waals surface area contributed by atoms with E-state index in [0.717, 1.165) is 24.5 Å². The molecule has 1 N–H and O–H groups in total. The first-order chi connectivity index (χ1) is 12.0. The number of para-hydroxylation sites is 2. The molecule has 2 saturated heterocycles. The van der Waals surface area contributed by atoms with Crippen molar-refractivity contribution in [2.24, 2.45) is 0 Å². The number of amides is 2. The van der Waals surface area contributed by atoms with E-state index in [-0.39, 0.29) is 17.7 Å². The van der Waals surface area contributed by atoms with Gasteiger partial charge in [-0.15, -0.1) is 0 Å². The SMILES string of the molecule is C[C@@H]1N(C(=O)Nc2ccccc2N2CCCCCC2)CCOC1(C)C. The summed E-state index contributed by atoms with van der Waals surface area (Å²) in [7, 11) is 0. The van der Waals surface area contributed by atoms with Crippen LogP contribution in [0.15, 0.2) is 24.3 Å². The average Bonchev–Trinajstić information content (AvgIpc) is 2.87. The molecule has 2 amide bonds. The number of rotatable bonds is 2. The van der Waals surface area contributed by atoms with E-state index in [1.165, 1.54) is 25.7 Å². The van der Waals surface area contributed by atoms with Crippen LogP contribution < -0.4 is 10.2 Å². The topological polar surface area (TPSA) is 44.8 Å². The third-order valence-corrected chi connectivity index (χ3v) is 5.63. The molecule has 2 heterocycles. The molecule has 138 valence electrons. The molecular weight excluding hydrogens is 314 g/mol. The second-order valence-electron chi connectivity index (χ2n) is 7.67. The first-order valence-electron chi connectivity index (χ1n) is 9.54. The fourth-order valence-corrected chi connectivity index (χ4v) is 3.73. The van der Waals surface area contributed by atoms with Gasteiger partial charge in [0.25, 0.3) is 0 Å². The number of nitrogens with one attached hydrogen (secondary N) is 1. The van der Waals surface area contributed by atoms with Crippen LogP contribution in [0.1, 0.15) is 46.5 Å². The monoisotopic (exact) mass is 345 g/mol. The molecular formula is C20H31N3O2. The van der Waals surface area contributed by atoms with Crippen LogP contribution in [0.4, 0.5) is 16.2 Å². The van der Waals surface area contributed by atoms with Crippen molar-refractivity contribution in [3.63, 3.8) is 0 Å². The molecule has 2 aliphatic heterocycles. The molecule has 5 nitrogen and oxygen atoms in total. The maximum Gasteiger partial charge on any atom is 0.322 e. The minimum absolute atomic E-state index is 0.0339. The van der Waals surface area contributed by atoms with E-state index < -0.39 is 0 Å². The van der Waals surface area contributed by atoms with Gasteiger partial charge in [-0.1, -0.05) is 25.0 Å². The number of urea groups is 1. The zero-order valence-electron chi connectivity index (χ0n) is 15.8. The Hall–Kier alpha value is -1.75. The molecule has 1 atom stereocenters.